The van der Waals surface area contributed by atoms with Gasteiger partial charge >= 0.3 is 0 Å². The zero-order valence-electron chi connectivity index (χ0n) is 23.3. The zero-order valence-corrected chi connectivity index (χ0v) is 23.3. The monoisotopic (exact) mass is 515 g/mol. The van der Waals surface area contributed by atoms with Crippen LogP contribution in [0.15, 0.2) is 71.3 Å². The molecule has 0 heterocycles. The van der Waals surface area contributed by atoms with E-state index in [1.165, 1.54) is 22.4 Å². The number of hydrogen-bond donors (Lipinski definition) is 1. The molecule has 2 saturated carbocycles. The van der Waals surface area contributed by atoms with Crippen LogP contribution in [-0.2, 0) is 4.79 Å². The molecule has 1 N–H and O–H groups in total. The maximum Gasteiger partial charge on any atom is 0.156 e. The van der Waals surface area contributed by atoms with Crippen molar-refractivity contribution in [1.82, 2.24) is 0 Å². The first-order chi connectivity index (χ1) is 18.7. The number of nitrogens with zero attached hydrogens (tertiary/aromatic N) is 1. The van der Waals surface area contributed by atoms with Crippen molar-refractivity contribution in [3.05, 3.63) is 88.0 Å². The summed E-state index contributed by atoms with van der Waals surface area (Å²) in [5.41, 5.74) is 7.05. The summed E-state index contributed by atoms with van der Waals surface area (Å²) in [6.45, 7) is 2.29. The molecule has 198 valence electrons. The molecule has 2 fully saturated rings. The lowest BCUT2D eigenvalue weighted by atomic mass is 9.51. The summed E-state index contributed by atoms with van der Waals surface area (Å²) in [6.07, 6.45) is 13.4. The molecule has 0 aromatic heterocycles. The molecule has 4 aliphatic rings. The van der Waals surface area contributed by atoms with E-state index in [1.807, 2.05) is 30.3 Å². The number of benzene rings is 2. The minimum Gasteiger partial charge on any atom is -0.378 e. The summed E-state index contributed by atoms with van der Waals surface area (Å²) in [7, 11) is 4.13. The number of carbonyl (C=O) groups excluding carboxylic acids is 1. The number of aliphatic hydroxyl groups is 1. The summed E-state index contributed by atoms with van der Waals surface area (Å²) >= 11 is 0. The Balaban J connectivity index is 1.44. The zero-order chi connectivity index (χ0) is 27.4. The van der Waals surface area contributed by atoms with Gasteiger partial charge in [-0.1, -0.05) is 42.4 Å². The van der Waals surface area contributed by atoms with Crippen molar-refractivity contribution in [2.45, 2.75) is 63.4 Å². The third kappa shape index (κ3) is 4.25. The van der Waals surface area contributed by atoms with E-state index >= 15 is 0 Å². The summed E-state index contributed by atoms with van der Waals surface area (Å²) in [5, 5.41) is 12.3. The van der Waals surface area contributed by atoms with Gasteiger partial charge in [-0.2, -0.15) is 0 Å². The third-order valence-electron chi connectivity index (χ3n) is 10.2. The second-order valence-corrected chi connectivity index (χ2v) is 12.4. The summed E-state index contributed by atoms with van der Waals surface area (Å²) < 4.78 is 0. The highest BCUT2D eigenvalue weighted by Crippen LogP contribution is 2.66. The molecule has 2 aromatic rings. The Hall–Kier alpha value is -3.53. The predicted molar refractivity (Wildman–Crippen MR) is 157 cm³/mol. The second kappa shape index (κ2) is 9.59. The molecule has 0 spiro atoms. The molecule has 0 aliphatic heterocycles. The van der Waals surface area contributed by atoms with Crippen molar-refractivity contribution in [1.29, 1.82) is 0 Å². The van der Waals surface area contributed by atoms with E-state index in [0.29, 0.717) is 24.7 Å². The number of carbonyl (C=O) groups is 1. The van der Waals surface area contributed by atoms with Gasteiger partial charge in [0.05, 0.1) is 0 Å². The van der Waals surface area contributed by atoms with Gasteiger partial charge in [-0.05, 0) is 110 Å². The molecule has 0 amide bonds. The lowest BCUT2D eigenvalue weighted by molar-refractivity contribution is -0.114. The van der Waals surface area contributed by atoms with Crippen LogP contribution < -0.4 is 4.90 Å². The van der Waals surface area contributed by atoms with Gasteiger partial charge < -0.3 is 10.0 Å². The van der Waals surface area contributed by atoms with E-state index in [1.54, 1.807) is 5.57 Å². The van der Waals surface area contributed by atoms with Crippen molar-refractivity contribution in [2.75, 3.05) is 19.0 Å². The first kappa shape index (κ1) is 25.7. The molecule has 4 aliphatic carbocycles. The fourth-order valence-corrected chi connectivity index (χ4v) is 8.00. The number of hydrogen-bond acceptors (Lipinski definition) is 3. The van der Waals surface area contributed by atoms with Crippen molar-refractivity contribution in [3.63, 3.8) is 0 Å². The molecule has 0 bridgehead atoms. The summed E-state index contributed by atoms with van der Waals surface area (Å²) in [4.78, 5) is 14.4. The maximum atomic E-state index is 12.3. The molecule has 6 rings (SSSR count). The molecule has 0 radical (unpaired) electrons. The van der Waals surface area contributed by atoms with Gasteiger partial charge in [-0.3, -0.25) is 4.79 Å². The van der Waals surface area contributed by atoms with Gasteiger partial charge in [0.25, 0.3) is 0 Å². The number of fused-ring (bicyclic) bond motifs is 4. The smallest absolute Gasteiger partial charge is 0.156 e. The van der Waals surface area contributed by atoms with Crippen molar-refractivity contribution >= 4 is 11.5 Å². The Kier molecular flexibility index (Phi) is 6.32. The molecule has 2 aromatic carbocycles. The first-order valence-electron chi connectivity index (χ1n) is 14.3. The molecule has 5 atom stereocenters. The molecule has 0 unspecified atom stereocenters. The van der Waals surface area contributed by atoms with E-state index in [2.05, 4.69) is 67.9 Å². The van der Waals surface area contributed by atoms with Crippen LogP contribution in [0.2, 0.25) is 0 Å². The van der Waals surface area contributed by atoms with Crippen LogP contribution in [0.3, 0.4) is 0 Å². The highest BCUT2D eigenvalue weighted by Gasteiger charge is 2.62. The van der Waals surface area contributed by atoms with Crippen LogP contribution in [0, 0.1) is 41.4 Å². The van der Waals surface area contributed by atoms with E-state index in [4.69, 9.17) is 6.42 Å². The maximum absolute atomic E-state index is 12.3. The average molecular weight is 516 g/mol. The number of rotatable bonds is 2. The number of ketones is 1. The number of terminal acetylenes is 1. The molecule has 39 heavy (non-hydrogen) atoms. The third-order valence-corrected chi connectivity index (χ3v) is 10.2. The molecule has 3 nitrogen and oxygen atoms in total. The van der Waals surface area contributed by atoms with Crippen LogP contribution >= 0.6 is 0 Å². The normalized spacial score (nSPS) is 31.2. The van der Waals surface area contributed by atoms with Crippen LogP contribution in [0.4, 0.5) is 5.69 Å². The molecule has 3 heteroatoms. The number of anilines is 1. The van der Waals surface area contributed by atoms with Gasteiger partial charge in [0.2, 0.25) is 0 Å². The fraction of sp³-hybridized carbons (Fsp3) is 0.417. The summed E-state index contributed by atoms with van der Waals surface area (Å²) in [5.74, 6) is 10.6. The van der Waals surface area contributed by atoms with Crippen molar-refractivity contribution in [2.24, 2.45) is 17.3 Å². The van der Waals surface area contributed by atoms with Gasteiger partial charge in [-0.25, -0.2) is 0 Å². The first-order valence-corrected chi connectivity index (χ1v) is 14.3. The second-order valence-electron chi connectivity index (χ2n) is 12.4. The Bertz CT molecular complexity index is 1470. The Morgan fingerprint density at radius 3 is 2.38 bits per heavy atom. The fourth-order valence-electron chi connectivity index (χ4n) is 8.00. The highest BCUT2D eigenvalue weighted by molar-refractivity contribution is 5.93. The minimum atomic E-state index is -1.06. The van der Waals surface area contributed by atoms with Gasteiger partial charge in [0, 0.05) is 48.7 Å². The van der Waals surface area contributed by atoms with Gasteiger partial charge in [0.1, 0.15) is 5.60 Å². The minimum absolute atomic E-state index is 0.209. The molecular weight excluding hydrogens is 478 g/mol. The topological polar surface area (TPSA) is 40.5 Å². The number of allylic oxidation sites excluding steroid dienone is 4. The molecular formula is C36H37NO2. The standard InChI is InChI=1S/C36H37NO2/c1-5-24-6-8-25(9-7-24)18-20-36(39)21-19-33-31-16-12-27-22-29(38)15-17-30(27)34(31)32(23-35(33,36)2)26-10-13-28(14-11-26)37(3)4/h1,6-11,13-14,22,31-33,39H,12,15-17,19,21,23H2,2-4H3/t31-,32+,33-,35-,36-/m0/s1. The van der Waals surface area contributed by atoms with E-state index in [9.17, 15) is 9.90 Å². The largest absolute Gasteiger partial charge is 0.378 e. The Morgan fingerprint density at radius 1 is 0.974 bits per heavy atom. The van der Waals surface area contributed by atoms with E-state index in [0.717, 1.165) is 43.2 Å². The van der Waals surface area contributed by atoms with Crippen LogP contribution in [0.1, 0.15) is 74.5 Å². The Morgan fingerprint density at radius 2 is 1.69 bits per heavy atom. The lowest BCUT2D eigenvalue weighted by Crippen LogP contribution is -2.51. The predicted octanol–water partition coefficient (Wildman–Crippen LogP) is 6.42. The van der Waals surface area contributed by atoms with Crippen molar-refractivity contribution in [3.8, 4) is 24.2 Å². The SMILES string of the molecule is C#Cc1ccc(C#C[C@]2(O)CC[C@H]3[C@@H]4CCC5=CC(=O)CCC5=C4[C@@H](c4ccc(N(C)C)cc4)C[C@@]32C)cc1. The van der Waals surface area contributed by atoms with Crippen LogP contribution in [0.5, 0.6) is 0 Å². The van der Waals surface area contributed by atoms with E-state index < -0.39 is 5.60 Å². The highest BCUT2D eigenvalue weighted by atomic mass is 16.3. The lowest BCUT2D eigenvalue weighted by Gasteiger charge is -2.53. The van der Waals surface area contributed by atoms with Crippen LogP contribution in [0.25, 0.3) is 0 Å². The quantitative estimate of drug-likeness (QED) is 0.470. The van der Waals surface area contributed by atoms with Crippen molar-refractivity contribution < 1.29 is 9.90 Å². The van der Waals surface area contributed by atoms with E-state index in [-0.39, 0.29) is 17.1 Å². The Labute approximate surface area is 233 Å². The average Bonchev–Trinajstić information content (AvgIpc) is 3.21. The van der Waals surface area contributed by atoms with Gasteiger partial charge in [-0.15, -0.1) is 6.42 Å². The summed E-state index contributed by atoms with van der Waals surface area (Å²) in [6, 6.07) is 16.6. The van der Waals surface area contributed by atoms with Gasteiger partial charge in [0.15, 0.2) is 5.78 Å². The molecule has 0 saturated heterocycles. The van der Waals surface area contributed by atoms with Crippen LogP contribution in [-0.4, -0.2) is 30.6 Å².